The minimum Gasteiger partial charge on any atom is -0.271 e. The highest BCUT2D eigenvalue weighted by molar-refractivity contribution is 6.31. The molecule has 106 valence electrons. The largest absolute Gasteiger partial charge is 0.271 e. The lowest BCUT2D eigenvalue weighted by atomic mass is 9.96. The lowest BCUT2D eigenvalue weighted by Gasteiger charge is -2.19. The summed E-state index contributed by atoms with van der Waals surface area (Å²) in [5.74, 6) is 4.37. The summed E-state index contributed by atoms with van der Waals surface area (Å²) in [5, 5.41) is 0.633. The average Bonchev–Trinajstić information content (AvgIpc) is 2.38. The molecule has 2 rings (SSSR count). The Morgan fingerprint density at radius 2 is 1.85 bits per heavy atom. The third-order valence-electron chi connectivity index (χ3n) is 3.25. The molecule has 0 aliphatic rings. The van der Waals surface area contributed by atoms with Crippen molar-refractivity contribution < 1.29 is 8.78 Å². The van der Waals surface area contributed by atoms with Gasteiger partial charge in [0.1, 0.15) is 11.6 Å². The maximum absolute atomic E-state index is 13.2. The van der Waals surface area contributed by atoms with Crippen LogP contribution in [0.4, 0.5) is 8.78 Å². The third kappa shape index (κ3) is 3.33. The van der Waals surface area contributed by atoms with E-state index in [1.54, 1.807) is 6.07 Å². The molecule has 0 spiro atoms. The number of nitrogens with two attached hydrogens (primary N) is 1. The van der Waals surface area contributed by atoms with Gasteiger partial charge in [-0.3, -0.25) is 11.3 Å². The lowest BCUT2D eigenvalue weighted by molar-refractivity contribution is 0.538. The van der Waals surface area contributed by atoms with Crippen molar-refractivity contribution in [3.8, 4) is 0 Å². The highest BCUT2D eigenvalue weighted by Crippen LogP contribution is 2.26. The maximum Gasteiger partial charge on any atom is 0.126 e. The van der Waals surface area contributed by atoms with Gasteiger partial charge in [-0.1, -0.05) is 23.7 Å². The van der Waals surface area contributed by atoms with Crippen LogP contribution in [0.25, 0.3) is 0 Å². The Morgan fingerprint density at radius 1 is 1.20 bits per heavy atom. The van der Waals surface area contributed by atoms with Gasteiger partial charge in [-0.2, -0.15) is 0 Å². The van der Waals surface area contributed by atoms with Crippen LogP contribution >= 0.6 is 11.6 Å². The second-order valence-electron chi connectivity index (χ2n) is 4.66. The van der Waals surface area contributed by atoms with E-state index in [1.165, 1.54) is 12.1 Å². The second-order valence-corrected chi connectivity index (χ2v) is 5.06. The first kappa shape index (κ1) is 14.9. The predicted molar refractivity (Wildman–Crippen MR) is 76.3 cm³/mol. The highest BCUT2D eigenvalue weighted by atomic mass is 35.5. The van der Waals surface area contributed by atoms with E-state index in [9.17, 15) is 8.78 Å². The number of nitrogens with one attached hydrogen (secondary N) is 1. The van der Waals surface area contributed by atoms with Crippen molar-refractivity contribution in [1.29, 1.82) is 0 Å². The van der Waals surface area contributed by atoms with Crippen LogP contribution in [0, 0.1) is 18.6 Å². The SMILES string of the molecule is Cc1c(Cl)cccc1C(Cc1cc(F)cc(F)c1)NN. The van der Waals surface area contributed by atoms with E-state index in [1.807, 2.05) is 19.1 Å². The summed E-state index contributed by atoms with van der Waals surface area (Å²) in [6.45, 7) is 1.88. The molecule has 0 amide bonds. The Bertz CT molecular complexity index is 597. The molecule has 0 aromatic heterocycles. The van der Waals surface area contributed by atoms with Gasteiger partial charge in [0.25, 0.3) is 0 Å². The normalized spacial score (nSPS) is 12.4. The highest BCUT2D eigenvalue weighted by Gasteiger charge is 2.15. The van der Waals surface area contributed by atoms with E-state index in [-0.39, 0.29) is 6.04 Å². The smallest absolute Gasteiger partial charge is 0.126 e. The fourth-order valence-corrected chi connectivity index (χ4v) is 2.41. The van der Waals surface area contributed by atoms with E-state index in [2.05, 4.69) is 5.43 Å². The molecule has 20 heavy (non-hydrogen) atoms. The van der Waals surface area contributed by atoms with Gasteiger partial charge in [0.2, 0.25) is 0 Å². The Balaban J connectivity index is 2.31. The summed E-state index contributed by atoms with van der Waals surface area (Å²) < 4.78 is 26.4. The summed E-state index contributed by atoms with van der Waals surface area (Å²) in [5.41, 5.74) is 5.01. The molecule has 0 heterocycles. The van der Waals surface area contributed by atoms with Gasteiger partial charge in [-0.15, -0.1) is 0 Å². The van der Waals surface area contributed by atoms with Crippen LogP contribution < -0.4 is 11.3 Å². The average molecular weight is 297 g/mol. The molecule has 0 saturated heterocycles. The number of rotatable bonds is 4. The molecule has 0 fully saturated rings. The zero-order chi connectivity index (χ0) is 14.7. The summed E-state index contributed by atoms with van der Waals surface area (Å²) in [6.07, 6.45) is 0.367. The van der Waals surface area contributed by atoms with Crippen LogP contribution in [0.2, 0.25) is 5.02 Å². The van der Waals surface area contributed by atoms with E-state index in [4.69, 9.17) is 17.4 Å². The zero-order valence-corrected chi connectivity index (χ0v) is 11.7. The monoisotopic (exact) mass is 296 g/mol. The molecular weight excluding hydrogens is 282 g/mol. The molecule has 2 aromatic carbocycles. The minimum atomic E-state index is -0.599. The molecule has 0 saturated carbocycles. The first-order chi connectivity index (χ1) is 9.51. The molecule has 1 atom stereocenters. The van der Waals surface area contributed by atoms with Crippen molar-refractivity contribution in [2.75, 3.05) is 0 Å². The van der Waals surface area contributed by atoms with Crippen LogP contribution in [-0.2, 0) is 6.42 Å². The molecule has 1 unspecified atom stereocenters. The van der Waals surface area contributed by atoms with E-state index in [0.29, 0.717) is 17.0 Å². The molecule has 0 aliphatic carbocycles. The van der Waals surface area contributed by atoms with Crippen LogP contribution in [0.15, 0.2) is 36.4 Å². The summed E-state index contributed by atoms with van der Waals surface area (Å²) in [7, 11) is 0. The molecule has 0 aliphatic heterocycles. The molecule has 5 heteroatoms. The third-order valence-corrected chi connectivity index (χ3v) is 3.66. The molecule has 2 nitrogen and oxygen atoms in total. The van der Waals surface area contributed by atoms with E-state index < -0.39 is 11.6 Å². The number of hydrogen-bond donors (Lipinski definition) is 2. The molecule has 2 aromatic rings. The van der Waals surface area contributed by atoms with Crippen molar-refractivity contribution in [3.05, 3.63) is 69.7 Å². The van der Waals surface area contributed by atoms with Crippen LogP contribution in [0.5, 0.6) is 0 Å². The molecule has 0 bridgehead atoms. The van der Waals surface area contributed by atoms with Gasteiger partial charge >= 0.3 is 0 Å². The first-order valence-corrected chi connectivity index (χ1v) is 6.55. The summed E-state index contributed by atoms with van der Waals surface area (Å²) in [6, 6.07) is 8.67. The van der Waals surface area contributed by atoms with Crippen molar-refractivity contribution in [2.45, 2.75) is 19.4 Å². The van der Waals surface area contributed by atoms with E-state index in [0.717, 1.165) is 17.2 Å². The number of hydrazine groups is 1. The number of hydrogen-bond acceptors (Lipinski definition) is 2. The summed E-state index contributed by atoms with van der Waals surface area (Å²) >= 11 is 6.08. The van der Waals surface area contributed by atoms with Crippen molar-refractivity contribution in [2.24, 2.45) is 5.84 Å². The van der Waals surface area contributed by atoms with E-state index >= 15 is 0 Å². The second kappa shape index (κ2) is 6.31. The Hall–Kier alpha value is -1.49. The minimum absolute atomic E-state index is 0.269. The Labute approximate surface area is 121 Å². The number of benzene rings is 2. The summed E-state index contributed by atoms with van der Waals surface area (Å²) in [4.78, 5) is 0. The molecular formula is C15H15ClF2N2. The van der Waals surface area contributed by atoms with Crippen LogP contribution in [-0.4, -0.2) is 0 Å². The molecule has 3 N–H and O–H groups in total. The van der Waals surface area contributed by atoms with Crippen LogP contribution in [0.1, 0.15) is 22.7 Å². The van der Waals surface area contributed by atoms with Crippen molar-refractivity contribution in [1.82, 2.24) is 5.43 Å². The Kier molecular flexibility index (Phi) is 4.70. The standard InChI is InChI=1S/C15H15ClF2N2/c1-9-13(3-2-4-14(9)16)15(20-19)7-10-5-11(17)8-12(18)6-10/h2-6,8,15,20H,7,19H2,1H3. The van der Waals surface area contributed by atoms with Crippen LogP contribution in [0.3, 0.4) is 0 Å². The maximum atomic E-state index is 13.2. The lowest BCUT2D eigenvalue weighted by Crippen LogP contribution is -2.30. The Morgan fingerprint density at radius 3 is 2.45 bits per heavy atom. The fourth-order valence-electron chi connectivity index (χ4n) is 2.22. The van der Waals surface area contributed by atoms with Gasteiger partial charge in [0.05, 0.1) is 6.04 Å². The first-order valence-electron chi connectivity index (χ1n) is 6.17. The topological polar surface area (TPSA) is 38.0 Å². The van der Waals surface area contributed by atoms with Gasteiger partial charge in [-0.05, 0) is 48.2 Å². The van der Waals surface area contributed by atoms with Crippen molar-refractivity contribution >= 4 is 11.6 Å². The fraction of sp³-hybridized carbons (Fsp3) is 0.200. The van der Waals surface area contributed by atoms with Gasteiger partial charge in [0, 0.05) is 11.1 Å². The van der Waals surface area contributed by atoms with Gasteiger partial charge < -0.3 is 0 Å². The zero-order valence-electron chi connectivity index (χ0n) is 11.0. The van der Waals surface area contributed by atoms with Crippen molar-refractivity contribution in [3.63, 3.8) is 0 Å². The van der Waals surface area contributed by atoms with Gasteiger partial charge in [-0.25, -0.2) is 8.78 Å². The molecule has 0 radical (unpaired) electrons. The number of halogens is 3. The van der Waals surface area contributed by atoms with Gasteiger partial charge in [0.15, 0.2) is 0 Å². The predicted octanol–water partition coefficient (Wildman–Crippen LogP) is 3.67. The quantitative estimate of drug-likeness (QED) is 0.667.